The fourth-order valence-corrected chi connectivity index (χ4v) is 3.82. The highest BCUT2D eigenvalue weighted by atomic mass is 16.5. The molecule has 1 unspecified atom stereocenters. The summed E-state index contributed by atoms with van der Waals surface area (Å²) in [4.78, 5) is 27.3. The molecule has 1 fully saturated rings. The highest BCUT2D eigenvalue weighted by Crippen LogP contribution is 2.34. The van der Waals surface area contributed by atoms with Gasteiger partial charge in [-0.3, -0.25) is 9.59 Å². The molecule has 0 aromatic heterocycles. The summed E-state index contributed by atoms with van der Waals surface area (Å²) in [5, 5.41) is 3.16. The fraction of sp³-hybridized carbons (Fsp3) is 0.417. The van der Waals surface area contributed by atoms with Crippen LogP contribution < -0.4 is 15.0 Å². The minimum Gasteiger partial charge on any atom is -0.497 e. The van der Waals surface area contributed by atoms with Gasteiger partial charge in [0, 0.05) is 24.3 Å². The number of para-hydroxylation sites is 1. The molecule has 1 saturated heterocycles. The minimum atomic E-state index is -0.371. The topological polar surface area (TPSA) is 58.6 Å². The van der Waals surface area contributed by atoms with Gasteiger partial charge in [-0.25, -0.2) is 0 Å². The zero-order valence-corrected chi connectivity index (χ0v) is 17.9. The summed E-state index contributed by atoms with van der Waals surface area (Å²) >= 11 is 0. The first kappa shape index (κ1) is 20.9. The molecule has 154 valence electrons. The molecule has 0 radical (unpaired) electrons. The average molecular weight is 395 g/mol. The normalized spacial score (nSPS) is 16.6. The first-order valence-corrected chi connectivity index (χ1v) is 10.2. The Labute approximate surface area is 173 Å². The second-order valence-electron chi connectivity index (χ2n) is 8.21. The molecule has 5 nitrogen and oxygen atoms in total. The predicted octanol–water partition coefficient (Wildman–Crippen LogP) is 4.93. The molecular weight excluding hydrogens is 364 g/mol. The first-order valence-electron chi connectivity index (χ1n) is 10.2. The second kappa shape index (κ2) is 8.68. The van der Waals surface area contributed by atoms with Crippen LogP contribution in [0, 0.1) is 5.92 Å². The highest BCUT2D eigenvalue weighted by molar-refractivity contribution is 6.04. The number of hydrogen-bond acceptors (Lipinski definition) is 3. The quantitative estimate of drug-likeness (QED) is 0.755. The van der Waals surface area contributed by atoms with E-state index in [9.17, 15) is 9.59 Å². The zero-order chi connectivity index (χ0) is 21.1. The summed E-state index contributed by atoms with van der Waals surface area (Å²) in [5.41, 5.74) is 3.94. The van der Waals surface area contributed by atoms with Crippen LogP contribution in [0.5, 0.6) is 5.75 Å². The van der Waals surface area contributed by atoms with Crippen molar-refractivity contribution in [3.63, 3.8) is 0 Å². The number of ether oxygens (including phenoxy) is 1. The Balaban J connectivity index is 1.79. The van der Waals surface area contributed by atoms with Gasteiger partial charge in [-0.2, -0.15) is 0 Å². The van der Waals surface area contributed by atoms with Crippen LogP contribution >= 0.6 is 0 Å². The van der Waals surface area contributed by atoms with Gasteiger partial charge < -0.3 is 15.0 Å². The van der Waals surface area contributed by atoms with Crippen molar-refractivity contribution < 1.29 is 14.3 Å². The van der Waals surface area contributed by atoms with Crippen molar-refractivity contribution in [2.24, 2.45) is 5.92 Å². The van der Waals surface area contributed by atoms with E-state index in [1.165, 1.54) is 0 Å². The summed E-state index contributed by atoms with van der Waals surface area (Å²) in [6.07, 6.45) is 0.221. The molecule has 1 aliphatic heterocycles. The van der Waals surface area contributed by atoms with E-state index in [2.05, 4.69) is 45.1 Å². The smallest absolute Gasteiger partial charge is 0.229 e. The number of carbonyl (C=O) groups is 2. The van der Waals surface area contributed by atoms with E-state index in [4.69, 9.17) is 4.74 Å². The van der Waals surface area contributed by atoms with Crippen LogP contribution in [0.3, 0.4) is 0 Å². The Morgan fingerprint density at radius 2 is 1.62 bits per heavy atom. The lowest BCUT2D eigenvalue weighted by molar-refractivity contribution is -0.122. The van der Waals surface area contributed by atoms with Gasteiger partial charge in [-0.05, 0) is 47.2 Å². The number of benzene rings is 2. The molecule has 0 spiro atoms. The van der Waals surface area contributed by atoms with Crippen molar-refractivity contribution in [3.8, 4) is 5.75 Å². The largest absolute Gasteiger partial charge is 0.497 e. The minimum absolute atomic E-state index is 0.0310. The maximum absolute atomic E-state index is 13.1. The Morgan fingerprint density at radius 3 is 2.14 bits per heavy atom. The third-order valence-electron chi connectivity index (χ3n) is 5.50. The Morgan fingerprint density at radius 1 is 1.03 bits per heavy atom. The van der Waals surface area contributed by atoms with E-state index in [1.54, 1.807) is 12.0 Å². The maximum Gasteiger partial charge on any atom is 0.229 e. The number of anilines is 2. The van der Waals surface area contributed by atoms with Gasteiger partial charge in [-0.1, -0.05) is 45.9 Å². The Bertz CT molecular complexity index is 861. The molecule has 5 heteroatoms. The summed E-state index contributed by atoms with van der Waals surface area (Å²) in [5.74, 6) is 0.835. The van der Waals surface area contributed by atoms with Crippen LogP contribution in [0.2, 0.25) is 0 Å². The average Bonchev–Trinajstić information content (AvgIpc) is 3.09. The van der Waals surface area contributed by atoms with Crippen LogP contribution in [0.25, 0.3) is 0 Å². The maximum atomic E-state index is 13.1. The van der Waals surface area contributed by atoms with Gasteiger partial charge >= 0.3 is 0 Å². The lowest BCUT2D eigenvalue weighted by Gasteiger charge is -2.22. The molecule has 1 aliphatic rings. The number of hydrogen-bond donors (Lipinski definition) is 1. The molecule has 1 atom stereocenters. The molecule has 29 heavy (non-hydrogen) atoms. The summed E-state index contributed by atoms with van der Waals surface area (Å²) in [6.45, 7) is 8.89. The molecule has 1 N–H and O–H groups in total. The van der Waals surface area contributed by atoms with Crippen LogP contribution in [-0.2, 0) is 9.59 Å². The standard InChI is InChI=1S/C24H30N2O3/c1-15(2)20-7-6-8-21(16(3)4)23(20)25-24(28)17-13-22(27)26(14-17)18-9-11-19(29-5)12-10-18/h6-12,15-17H,13-14H2,1-5H3,(H,25,28). The second-order valence-corrected chi connectivity index (χ2v) is 8.21. The molecule has 3 rings (SSSR count). The Kier molecular flexibility index (Phi) is 6.26. The van der Waals surface area contributed by atoms with Crippen LogP contribution in [0.15, 0.2) is 42.5 Å². The van der Waals surface area contributed by atoms with Gasteiger partial charge in [0.05, 0.1) is 13.0 Å². The lowest BCUT2D eigenvalue weighted by atomic mass is 9.92. The van der Waals surface area contributed by atoms with Crippen molar-refractivity contribution in [1.29, 1.82) is 0 Å². The number of carbonyl (C=O) groups excluding carboxylic acids is 2. The molecule has 2 aromatic carbocycles. The monoisotopic (exact) mass is 394 g/mol. The Hall–Kier alpha value is -2.82. The van der Waals surface area contributed by atoms with Crippen LogP contribution in [0.4, 0.5) is 11.4 Å². The summed E-state index contributed by atoms with van der Waals surface area (Å²) in [7, 11) is 1.61. The lowest BCUT2D eigenvalue weighted by Crippen LogP contribution is -2.28. The van der Waals surface area contributed by atoms with E-state index in [1.807, 2.05) is 30.3 Å². The van der Waals surface area contributed by atoms with Crippen LogP contribution in [-0.4, -0.2) is 25.5 Å². The number of nitrogens with zero attached hydrogens (tertiary/aromatic N) is 1. The van der Waals surface area contributed by atoms with Crippen molar-refractivity contribution in [1.82, 2.24) is 0 Å². The summed E-state index contributed by atoms with van der Waals surface area (Å²) in [6, 6.07) is 13.5. The third kappa shape index (κ3) is 4.44. The molecule has 0 saturated carbocycles. The summed E-state index contributed by atoms with van der Waals surface area (Å²) < 4.78 is 5.18. The molecule has 0 aliphatic carbocycles. The first-order chi connectivity index (χ1) is 13.8. The van der Waals surface area contributed by atoms with E-state index >= 15 is 0 Å². The highest BCUT2D eigenvalue weighted by Gasteiger charge is 2.35. The molecule has 1 heterocycles. The van der Waals surface area contributed by atoms with Crippen molar-refractivity contribution in [3.05, 3.63) is 53.6 Å². The zero-order valence-electron chi connectivity index (χ0n) is 17.9. The molecule has 0 bridgehead atoms. The van der Waals surface area contributed by atoms with Gasteiger partial charge in [0.25, 0.3) is 0 Å². The fourth-order valence-electron chi connectivity index (χ4n) is 3.82. The van der Waals surface area contributed by atoms with Crippen molar-refractivity contribution >= 4 is 23.2 Å². The van der Waals surface area contributed by atoms with E-state index in [-0.39, 0.29) is 24.2 Å². The van der Waals surface area contributed by atoms with Gasteiger partial charge in [0.15, 0.2) is 0 Å². The van der Waals surface area contributed by atoms with Crippen molar-refractivity contribution in [2.45, 2.75) is 46.0 Å². The van der Waals surface area contributed by atoms with Gasteiger partial charge in [0.2, 0.25) is 11.8 Å². The van der Waals surface area contributed by atoms with Crippen molar-refractivity contribution in [2.75, 3.05) is 23.9 Å². The number of amides is 2. The van der Waals surface area contributed by atoms with Crippen LogP contribution in [0.1, 0.15) is 57.1 Å². The van der Waals surface area contributed by atoms with Gasteiger partial charge in [-0.15, -0.1) is 0 Å². The van der Waals surface area contributed by atoms with E-state index in [0.717, 1.165) is 28.3 Å². The van der Waals surface area contributed by atoms with E-state index < -0.39 is 0 Å². The number of methoxy groups -OCH3 is 1. The molecular formula is C24H30N2O3. The van der Waals surface area contributed by atoms with Gasteiger partial charge in [0.1, 0.15) is 5.75 Å². The predicted molar refractivity (Wildman–Crippen MR) is 117 cm³/mol. The number of rotatable bonds is 6. The third-order valence-corrected chi connectivity index (χ3v) is 5.50. The number of nitrogens with one attached hydrogen (secondary N) is 1. The van der Waals surface area contributed by atoms with E-state index in [0.29, 0.717) is 18.4 Å². The molecule has 2 aromatic rings. The molecule has 2 amide bonds. The SMILES string of the molecule is COc1ccc(N2CC(C(=O)Nc3c(C(C)C)cccc3C(C)C)CC2=O)cc1.